The van der Waals surface area contributed by atoms with Gasteiger partial charge in [-0.15, -0.1) is 5.10 Å². The number of rotatable bonds is 11. The molecule has 1 atom stereocenters. The lowest BCUT2D eigenvalue weighted by atomic mass is 10.2. The summed E-state index contributed by atoms with van der Waals surface area (Å²) in [5, 5.41) is 15.2. The van der Waals surface area contributed by atoms with Crippen molar-refractivity contribution in [2.45, 2.75) is 19.8 Å². The number of anilines is 1. The van der Waals surface area contributed by atoms with Crippen molar-refractivity contribution >= 4 is 17.6 Å². The summed E-state index contributed by atoms with van der Waals surface area (Å²) in [4.78, 5) is 14.9. The van der Waals surface area contributed by atoms with Crippen LogP contribution in [-0.2, 0) is 16.1 Å². The summed E-state index contributed by atoms with van der Waals surface area (Å²) in [5.41, 5.74) is 1.22. The Bertz CT molecular complexity index is 1050. The van der Waals surface area contributed by atoms with Gasteiger partial charge in [-0.2, -0.15) is 0 Å². The minimum Gasteiger partial charge on any atom is -0.493 e. The van der Waals surface area contributed by atoms with Gasteiger partial charge in [0.15, 0.2) is 36.0 Å². The molecule has 12 heteroatoms. The van der Waals surface area contributed by atoms with Crippen molar-refractivity contribution in [1.29, 1.82) is 0 Å². The van der Waals surface area contributed by atoms with Crippen molar-refractivity contribution in [3.63, 3.8) is 0 Å². The summed E-state index contributed by atoms with van der Waals surface area (Å²) in [5.74, 6) is 1.75. The molecule has 1 aromatic carbocycles. The highest BCUT2D eigenvalue weighted by atomic mass is 16.7. The van der Waals surface area contributed by atoms with E-state index in [2.05, 4.69) is 15.4 Å². The minimum atomic E-state index is -1.21. The number of ether oxygens (including phenoxy) is 6. The molecule has 1 unspecified atom stereocenters. The van der Waals surface area contributed by atoms with Crippen LogP contribution in [0.25, 0.3) is 5.65 Å². The average Bonchev–Trinajstić information content (AvgIpc) is 3.18. The van der Waals surface area contributed by atoms with E-state index in [0.29, 0.717) is 28.8 Å². The lowest BCUT2D eigenvalue weighted by molar-refractivity contribution is -0.150. The summed E-state index contributed by atoms with van der Waals surface area (Å²) in [6.07, 6.45) is -0.183. The number of carbonyl (C=O) groups is 1. The van der Waals surface area contributed by atoms with Gasteiger partial charge in [-0.3, -0.25) is 5.32 Å². The Hall–Kier alpha value is -3.77. The number of hydrogen-bond acceptors (Lipinski definition) is 9. The summed E-state index contributed by atoms with van der Waals surface area (Å²) >= 11 is 0. The first-order valence-corrected chi connectivity index (χ1v) is 9.44. The molecule has 2 N–H and O–H groups in total. The maximum absolute atomic E-state index is 10.8. The van der Waals surface area contributed by atoms with Gasteiger partial charge in [0.05, 0.1) is 20.4 Å². The molecule has 0 aliphatic rings. The van der Waals surface area contributed by atoms with Gasteiger partial charge in [0.25, 0.3) is 0 Å². The molecule has 0 fully saturated rings. The van der Waals surface area contributed by atoms with E-state index in [1.54, 1.807) is 31.2 Å². The largest absolute Gasteiger partial charge is 0.493 e. The zero-order valence-corrected chi connectivity index (χ0v) is 18.0. The van der Waals surface area contributed by atoms with Gasteiger partial charge in [-0.05, 0) is 30.7 Å². The number of fused-ring (bicyclic) bond motifs is 1. The molecule has 0 spiro atoms. The van der Waals surface area contributed by atoms with Crippen molar-refractivity contribution in [1.82, 2.24) is 14.6 Å². The van der Waals surface area contributed by atoms with E-state index in [1.807, 2.05) is 0 Å². The van der Waals surface area contributed by atoms with E-state index < -0.39 is 12.4 Å². The monoisotopic (exact) mass is 448 g/mol. The number of methoxy groups -OCH3 is 3. The fourth-order valence-corrected chi connectivity index (χ4v) is 2.69. The molecule has 0 bridgehead atoms. The molecule has 32 heavy (non-hydrogen) atoms. The van der Waals surface area contributed by atoms with Gasteiger partial charge >= 0.3 is 6.09 Å². The molecular weight excluding hydrogens is 424 g/mol. The zero-order valence-electron chi connectivity index (χ0n) is 18.0. The van der Waals surface area contributed by atoms with Gasteiger partial charge < -0.3 is 33.5 Å². The van der Waals surface area contributed by atoms with Crippen LogP contribution in [-0.4, -0.2) is 60.2 Å². The van der Waals surface area contributed by atoms with Crippen molar-refractivity contribution in [3.05, 3.63) is 36.0 Å². The first-order chi connectivity index (χ1) is 15.4. The van der Waals surface area contributed by atoms with Crippen LogP contribution in [0.4, 0.5) is 10.6 Å². The van der Waals surface area contributed by atoms with Crippen LogP contribution in [0.1, 0.15) is 12.5 Å². The van der Waals surface area contributed by atoms with E-state index in [-0.39, 0.29) is 19.2 Å². The van der Waals surface area contributed by atoms with Crippen LogP contribution in [0.15, 0.2) is 30.5 Å². The Morgan fingerprint density at radius 2 is 1.88 bits per heavy atom. The number of nitrogens with zero attached hydrogens (tertiary/aromatic N) is 3. The van der Waals surface area contributed by atoms with Crippen molar-refractivity contribution < 1.29 is 38.3 Å². The molecule has 0 aliphatic heterocycles. The van der Waals surface area contributed by atoms with E-state index >= 15 is 0 Å². The number of aromatic nitrogens is 3. The second kappa shape index (κ2) is 10.5. The molecule has 0 saturated heterocycles. The highest BCUT2D eigenvalue weighted by molar-refractivity contribution is 5.81. The Labute approximate surface area is 183 Å². The zero-order chi connectivity index (χ0) is 23.1. The minimum absolute atomic E-state index is 0.0505. The normalized spacial score (nSPS) is 11.8. The summed E-state index contributed by atoms with van der Waals surface area (Å²) in [6, 6.07) is 6.80. The molecule has 12 nitrogen and oxygen atoms in total. The average molecular weight is 448 g/mol. The highest BCUT2D eigenvalue weighted by Gasteiger charge is 2.16. The van der Waals surface area contributed by atoms with Crippen LogP contribution < -0.4 is 24.3 Å². The molecule has 2 heterocycles. The Morgan fingerprint density at radius 3 is 2.50 bits per heavy atom. The smallest absolute Gasteiger partial charge is 0.410 e. The molecule has 1 amide bonds. The van der Waals surface area contributed by atoms with E-state index in [4.69, 9.17) is 33.5 Å². The van der Waals surface area contributed by atoms with Crippen LogP contribution in [0.5, 0.6) is 23.1 Å². The Balaban J connectivity index is 1.72. The number of nitrogens with one attached hydrogen (secondary N) is 1. The van der Waals surface area contributed by atoms with Crippen LogP contribution in [0.3, 0.4) is 0 Å². The lowest BCUT2D eigenvalue weighted by Crippen LogP contribution is -2.15. The maximum Gasteiger partial charge on any atom is 0.410 e. The molecule has 0 aliphatic carbocycles. The summed E-state index contributed by atoms with van der Waals surface area (Å²) < 4.78 is 34.1. The molecule has 3 rings (SSSR count). The third-order valence-corrected chi connectivity index (χ3v) is 4.28. The molecule has 3 aromatic rings. The molecular formula is C20H24N4O8. The number of imidazole rings is 1. The number of carboxylic acid groups (broad SMARTS) is 1. The van der Waals surface area contributed by atoms with Gasteiger partial charge in [0.1, 0.15) is 6.61 Å². The van der Waals surface area contributed by atoms with Crippen LogP contribution in [0.2, 0.25) is 0 Å². The third kappa shape index (κ3) is 5.68. The van der Waals surface area contributed by atoms with Crippen molar-refractivity contribution in [2.24, 2.45) is 0 Å². The number of benzene rings is 1. The second-order valence-electron chi connectivity index (χ2n) is 6.38. The molecule has 0 saturated carbocycles. The van der Waals surface area contributed by atoms with Crippen LogP contribution >= 0.6 is 0 Å². The quantitative estimate of drug-likeness (QED) is 0.422. The maximum atomic E-state index is 10.8. The first-order valence-electron chi connectivity index (χ1n) is 9.44. The van der Waals surface area contributed by atoms with Crippen LogP contribution in [0, 0.1) is 0 Å². The van der Waals surface area contributed by atoms with Gasteiger partial charge in [-0.1, -0.05) is 0 Å². The third-order valence-electron chi connectivity index (χ3n) is 4.28. The molecule has 0 radical (unpaired) electrons. The fraction of sp³-hybridized carbons (Fsp3) is 0.350. The summed E-state index contributed by atoms with van der Waals surface area (Å²) in [7, 11) is 4.57. The standard InChI is InChI=1S/C20H24N4O8/c1-12(27-2)31-11-32-19-14(28-3)7-13(8-15(19)29-4)10-30-18-6-5-17-21-16(22-20(25)26)9-24(17)23-18/h5-9,12,22H,10-11H2,1-4H3,(H,25,26). The molecule has 2 aromatic heterocycles. The van der Waals surface area contributed by atoms with Gasteiger partial charge in [-0.25, -0.2) is 14.3 Å². The number of amides is 1. The van der Waals surface area contributed by atoms with Crippen molar-refractivity contribution in [3.8, 4) is 23.1 Å². The molecule has 172 valence electrons. The fourth-order valence-electron chi connectivity index (χ4n) is 2.69. The van der Waals surface area contributed by atoms with Crippen molar-refractivity contribution in [2.75, 3.05) is 33.4 Å². The highest BCUT2D eigenvalue weighted by Crippen LogP contribution is 2.38. The predicted octanol–water partition coefficient (Wildman–Crippen LogP) is 2.76. The van der Waals surface area contributed by atoms with Gasteiger partial charge in [0, 0.05) is 13.2 Å². The topological polar surface area (TPSA) is 135 Å². The van der Waals surface area contributed by atoms with E-state index in [1.165, 1.54) is 32.0 Å². The van der Waals surface area contributed by atoms with Gasteiger partial charge in [0.2, 0.25) is 11.6 Å². The number of hydrogen-bond donors (Lipinski definition) is 2. The first kappa shape index (κ1) is 22.9. The predicted molar refractivity (Wildman–Crippen MR) is 112 cm³/mol. The SMILES string of the molecule is COc1cc(COc2ccc3nc(NC(=O)O)cn3n2)cc(OC)c1OCOC(C)OC. The Kier molecular flexibility index (Phi) is 7.52. The Morgan fingerprint density at radius 1 is 1.16 bits per heavy atom. The summed E-state index contributed by atoms with van der Waals surface area (Å²) in [6.45, 7) is 1.86. The van der Waals surface area contributed by atoms with E-state index in [0.717, 1.165) is 5.56 Å². The second-order valence-corrected chi connectivity index (χ2v) is 6.38. The lowest BCUT2D eigenvalue weighted by Gasteiger charge is -2.17. The van der Waals surface area contributed by atoms with E-state index in [9.17, 15) is 4.79 Å².